The van der Waals surface area contributed by atoms with Crippen LogP contribution in [0.3, 0.4) is 0 Å². The van der Waals surface area contributed by atoms with Crippen LogP contribution in [-0.4, -0.2) is 292 Å². The highest BCUT2D eigenvalue weighted by molar-refractivity contribution is 6.01. The molecule has 3 aromatic rings. The second-order valence-electron chi connectivity index (χ2n) is 32.6. The van der Waals surface area contributed by atoms with E-state index in [1.807, 2.05) is 83.1 Å². The Balaban J connectivity index is 0.000000274. The Morgan fingerprint density at radius 3 is 0.898 bits per heavy atom. The van der Waals surface area contributed by atoms with E-state index < -0.39 is 173 Å². The number of aliphatic hydroxyl groups excluding tert-OH is 6. The fraction of sp³-hybridized carbons (Fsp3) is 0.639. The Bertz CT molecular complexity index is 3900. The smallest absolute Gasteiger partial charge is 0.247 e. The molecule has 21 N–H and O–H groups in total. The summed E-state index contributed by atoms with van der Waals surface area (Å²) >= 11 is 0. The average molecular weight is 1660 g/mol. The average Bonchev–Trinajstić information content (AvgIpc) is 1.60. The lowest BCUT2D eigenvalue weighted by molar-refractivity contribution is -0.152. The van der Waals surface area contributed by atoms with Crippen molar-refractivity contribution in [2.45, 2.75) is 288 Å². The van der Waals surface area contributed by atoms with Gasteiger partial charge in [-0.25, -0.2) is 0 Å². The van der Waals surface area contributed by atoms with Crippen molar-refractivity contribution in [2.24, 2.45) is 34.4 Å². The number of methoxy groups -OCH3 is 2. The number of nitrogens with two attached hydrogens (primary N) is 6. The van der Waals surface area contributed by atoms with E-state index in [1.54, 1.807) is 14.2 Å². The van der Waals surface area contributed by atoms with Crippen LogP contribution in [0, 0.1) is 34.6 Å². The van der Waals surface area contributed by atoms with E-state index in [2.05, 4.69) is 16.0 Å². The van der Waals surface area contributed by atoms with Gasteiger partial charge in [-0.2, -0.15) is 0 Å². The Hall–Kier alpha value is -9.46. The third kappa shape index (κ3) is 21.6. The van der Waals surface area contributed by atoms with E-state index >= 15 is 0 Å². The molecule has 6 fully saturated rings. The van der Waals surface area contributed by atoms with Gasteiger partial charge in [-0.05, 0) is 192 Å². The maximum Gasteiger partial charge on any atom is 0.247 e. The number of carbonyl (C=O) groups excluding carboxylic acids is 12. The van der Waals surface area contributed by atoms with Gasteiger partial charge in [0.05, 0.1) is 50.8 Å². The molecule has 118 heavy (non-hydrogen) atoms. The van der Waals surface area contributed by atoms with Crippen molar-refractivity contribution in [3.05, 3.63) is 93.0 Å². The lowest BCUT2D eigenvalue weighted by atomic mass is 9.85. The van der Waals surface area contributed by atoms with Gasteiger partial charge in [0.25, 0.3) is 0 Å². The summed E-state index contributed by atoms with van der Waals surface area (Å²) in [5, 5.41) is 67.7. The minimum atomic E-state index is -1.41. The lowest BCUT2D eigenvalue weighted by Gasteiger charge is -2.41. The van der Waals surface area contributed by atoms with Crippen LogP contribution < -0.4 is 59.8 Å². The molecule has 6 aliphatic heterocycles. The number of aryl methyl sites for hydroxylation is 5. The molecule has 35 heteroatoms. The Morgan fingerprint density at radius 2 is 0.669 bits per heavy atom. The fourth-order valence-corrected chi connectivity index (χ4v) is 17.6. The van der Waals surface area contributed by atoms with Gasteiger partial charge in [0, 0.05) is 58.5 Å². The van der Waals surface area contributed by atoms with E-state index in [9.17, 15) is 88.2 Å². The van der Waals surface area contributed by atoms with Gasteiger partial charge in [0.15, 0.2) is 0 Å². The maximum atomic E-state index is 14.1. The van der Waals surface area contributed by atoms with E-state index in [1.165, 1.54) is 70.9 Å². The Kier molecular flexibility index (Phi) is 34.2. The highest BCUT2D eigenvalue weighted by Gasteiger charge is 2.57. The van der Waals surface area contributed by atoms with Crippen LogP contribution in [0.25, 0.3) is 0 Å². The van der Waals surface area contributed by atoms with Crippen molar-refractivity contribution in [2.75, 3.05) is 53.5 Å². The number of benzene rings is 3. The van der Waals surface area contributed by atoms with Crippen LogP contribution in [0.5, 0.6) is 11.5 Å². The van der Waals surface area contributed by atoms with Crippen molar-refractivity contribution in [3.8, 4) is 11.5 Å². The van der Waals surface area contributed by atoms with Gasteiger partial charge in [0.2, 0.25) is 70.9 Å². The van der Waals surface area contributed by atoms with Crippen molar-refractivity contribution in [3.63, 3.8) is 0 Å². The molecule has 9 rings (SSSR count). The minimum Gasteiger partial charge on any atom is -0.496 e. The first-order valence-electron chi connectivity index (χ1n) is 40.2. The van der Waals surface area contributed by atoms with E-state index in [0.29, 0.717) is 96.7 Å². The molecule has 0 aromatic heterocycles. The molecule has 0 aliphatic carbocycles. The molecule has 3 aromatic carbocycles. The highest BCUT2D eigenvalue weighted by atomic mass is 16.5. The quantitative estimate of drug-likeness (QED) is 0.0361. The van der Waals surface area contributed by atoms with Gasteiger partial charge < -0.3 is 120 Å². The van der Waals surface area contributed by atoms with Crippen LogP contribution in [0.2, 0.25) is 0 Å². The minimum absolute atomic E-state index is 0. The largest absolute Gasteiger partial charge is 0.496 e. The molecule has 12 amide bonds. The molecule has 35 nitrogen and oxygen atoms in total. The number of hydrogen-bond acceptors (Lipinski definition) is 23. The molecular weight excluding hydrogens is 1530 g/mol. The number of rotatable bonds is 29. The number of aliphatic hydroxyl groups is 6. The normalized spacial score (nSPS) is 24.0. The van der Waals surface area contributed by atoms with Gasteiger partial charge in [-0.3, -0.25) is 57.5 Å². The standard InChI is InChI=1S/2C28H43N5O7.C26H39N5O6.CH4/c2*1-15-12-19(13-16(2)23(15)40-5)14-28(27(39)31-22(18(4)35)24(30)36)9-7-11-33(28)25(37)20-8-6-10-32(20)26(38)21(29)17(3)34;1-15-7-4-8-18(13-15)14-26(25(37)29-21(17(3)33)22(28)34)10-6-12-31(26)23(35)19-9-5-11-30(19)24(36)20(27)16(2)32;/h2*12-13,17-18,20-22,34-35H,6-11,14,29H2,1-5H3,(H2,30,36)(H,31,39);4,7-8,13,16-17,19-21,32-33H,5-6,9-12,14,27H2,1-3H3,(H2,28,34)(H,29,37);1H4/t17-,18-,20+,21+,22+,28+;17-,18-,20+,21+,22+,28-;16-,17-,19+,20+,21+,26+;/m111./s1. The van der Waals surface area contributed by atoms with Crippen LogP contribution in [0.1, 0.15) is 171 Å². The van der Waals surface area contributed by atoms with Crippen molar-refractivity contribution in [1.82, 2.24) is 45.3 Å². The predicted octanol–water partition coefficient (Wildman–Crippen LogP) is -1.88. The van der Waals surface area contributed by atoms with E-state index in [4.69, 9.17) is 43.9 Å². The van der Waals surface area contributed by atoms with Crippen molar-refractivity contribution in [1.29, 1.82) is 0 Å². The lowest BCUT2D eigenvalue weighted by Crippen LogP contribution is -2.65. The van der Waals surface area contributed by atoms with Gasteiger partial charge >= 0.3 is 0 Å². The molecule has 6 saturated heterocycles. The summed E-state index contributed by atoms with van der Waals surface area (Å²) in [6, 6.07) is 5.16. The third-order valence-electron chi connectivity index (χ3n) is 23.7. The number of likely N-dealkylation sites (tertiary alicyclic amines) is 6. The summed E-state index contributed by atoms with van der Waals surface area (Å²) in [6.45, 7) is 19.6. The van der Waals surface area contributed by atoms with Crippen molar-refractivity contribution < 1.29 is 97.6 Å². The molecule has 0 bridgehead atoms. The number of carbonyl (C=O) groups is 12. The second kappa shape index (κ2) is 41.5. The molecule has 0 saturated carbocycles. The summed E-state index contributed by atoms with van der Waals surface area (Å²) in [4.78, 5) is 168. The van der Waals surface area contributed by atoms with E-state index in [0.717, 1.165) is 56.0 Å². The van der Waals surface area contributed by atoms with E-state index in [-0.39, 0.29) is 52.2 Å². The van der Waals surface area contributed by atoms with Gasteiger partial charge in [-0.15, -0.1) is 0 Å². The first kappa shape index (κ1) is 97.4. The number of ether oxygens (including phenoxy) is 2. The number of nitrogens with zero attached hydrogens (tertiary/aromatic N) is 6. The topological polar surface area (TPSA) is 556 Å². The number of amides is 12. The maximum absolute atomic E-state index is 14.1. The first-order chi connectivity index (χ1) is 54.9. The predicted molar refractivity (Wildman–Crippen MR) is 437 cm³/mol. The zero-order valence-electron chi connectivity index (χ0n) is 69.7. The zero-order valence-corrected chi connectivity index (χ0v) is 69.7. The first-order valence-corrected chi connectivity index (χ1v) is 40.2. The summed E-state index contributed by atoms with van der Waals surface area (Å²) in [7, 11) is 3.17. The molecule has 0 spiro atoms. The van der Waals surface area contributed by atoms with Crippen LogP contribution in [-0.2, 0) is 76.8 Å². The molecule has 0 unspecified atom stereocenters. The Labute approximate surface area is 690 Å². The molecule has 6 heterocycles. The van der Waals surface area contributed by atoms with Crippen LogP contribution in [0.4, 0.5) is 0 Å². The number of nitrogens with one attached hydrogen (secondary N) is 3. The summed E-state index contributed by atoms with van der Waals surface area (Å²) in [6.07, 6.45) is -1.11. The molecule has 656 valence electrons. The summed E-state index contributed by atoms with van der Waals surface area (Å²) in [5.41, 5.74) is 36.8. The molecule has 0 radical (unpaired) electrons. The van der Waals surface area contributed by atoms with Gasteiger partial charge in [-0.1, -0.05) is 61.5 Å². The number of hydrogen-bond donors (Lipinski definition) is 15. The molecule has 6 aliphatic rings. The van der Waals surface area contributed by atoms with Crippen LogP contribution in [0.15, 0.2) is 48.5 Å². The van der Waals surface area contributed by atoms with Gasteiger partial charge in [0.1, 0.15) is 82.5 Å². The Morgan fingerprint density at radius 1 is 0.407 bits per heavy atom. The second-order valence-corrected chi connectivity index (χ2v) is 32.6. The third-order valence-corrected chi connectivity index (χ3v) is 23.7. The monoisotopic (exact) mass is 1660 g/mol. The summed E-state index contributed by atoms with van der Waals surface area (Å²) < 4.78 is 11.0. The highest BCUT2D eigenvalue weighted by Crippen LogP contribution is 2.42. The SMILES string of the molecule is C.COc1c(C)cc(C[C@@]2(C(=O)N[C@H](C(N)=O)[C@@H](C)O)CCCN2C(=O)[C@@H]2CCCN2C(=O)[C@@H](N)[C@@H](C)O)cc1C.COc1c(C)cc(C[C@]2(C(=O)N[C@H](C(N)=O)[C@@H](C)O)CCCN2C(=O)[C@@H]2CCCN2C(=O)[C@@H](N)[C@@H](C)O)cc1C.Cc1cccc(C[C@]2(C(=O)N[C@H](C(N)=O)[C@@H](C)O)CCCN2C(=O)[C@@H]2CCCN2C(=O)[C@@H](N)[C@@H](C)O)c1. The number of primary amides is 3. The molecular formula is C83H129N15O20. The fourth-order valence-electron chi connectivity index (χ4n) is 17.6. The zero-order chi connectivity index (χ0) is 87.4. The van der Waals surface area contributed by atoms with Crippen molar-refractivity contribution >= 4 is 70.9 Å². The van der Waals surface area contributed by atoms with Crippen LogP contribution >= 0.6 is 0 Å². The molecule has 18 atom stereocenters. The summed E-state index contributed by atoms with van der Waals surface area (Å²) in [5.74, 6) is -5.76.